The van der Waals surface area contributed by atoms with Crippen molar-refractivity contribution >= 4 is 0 Å². The van der Waals surface area contributed by atoms with E-state index >= 15 is 0 Å². The van der Waals surface area contributed by atoms with Crippen molar-refractivity contribution in [3.05, 3.63) is 101 Å². The van der Waals surface area contributed by atoms with Crippen molar-refractivity contribution in [2.24, 2.45) is 0 Å². The molecule has 0 fully saturated rings. The first-order valence-corrected chi connectivity index (χ1v) is 9.12. The summed E-state index contributed by atoms with van der Waals surface area (Å²) in [7, 11) is 0. The predicted octanol–water partition coefficient (Wildman–Crippen LogP) is 5.89. The van der Waals surface area contributed by atoms with Crippen molar-refractivity contribution in [2.45, 2.75) is 19.8 Å². The van der Waals surface area contributed by atoms with Crippen molar-refractivity contribution in [1.82, 2.24) is 4.57 Å². The van der Waals surface area contributed by atoms with Gasteiger partial charge in [-0.25, -0.2) is 9.36 Å². The number of rotatable bonds is 4. The third-order valence-corrected chi connectivity index (χ3v) is 4.71. The summed E-state index contributed by atoms with van der Waals surface area (Å²) in [5.74, 6) is 0.637. The molecule has 3 heteroatoms. The van der Waals surface area contributed by atoms with Gasteiger partial charge in [0.05, 0.1) is 5.69 Å². The molecule has 3 aromatic carbocycles. The maximum atomic E-state index is 12.8. The van der Waals surface area contributed by atoms with Gasteiger partial charge in [-0.15, -0.1) is 0 Å². The third-order valence-electron chi connectivity index (χ3n) is 4.71. The fourth-order valence-corrected chi connectivity index (χ4v) is 3.26. The van der Waals surface area contributed by atoms with E-state index in [1.807, 2.05) is 72.8 Å². The molecule has 0 aliphatic rings. The van der Waals surface area contributed by atoms with Crippen molar-refractivity contribution in [2.75, 3.05) is 0 Å². The molecule has 1 heterocycles. The van der Waals surface area contributed by atoms with Crippen LogP contribution < -0.4 is 5.76 Å². The second kappa shape index (κ2) is 7.12. The molecular weight excluding hydrogens is 334 g/mol. The Bertz CT molecular complexity index is 1090. The molecular formula is C24H21NO2. The Morgan fingerprint density at radius 1 is 0.741 bits per heavy atom. The van der Waals surface area contributed by atoms with Crippen LogP contribution in [0.15, 0.2) is 94.1 Å². The number of hydrogen-bond donors (Lipinski definition) is 0. The highest BCUT2D eigenvalue weighted by Gasteiger charge is 2.21. The first-order valence-electron chi connectivity index (χ1n) is 9.12. The maximum absolute atomic E-state index is 12.8. The molecule has 4 aromatic rings. The Hall–Kier alpha value is -3.33. The average molecular weight is 355 g/mol. The Labute approximate surface area is 158 Å². The third kappa shape index (κ3) is 3.24. The molecule has 0 saturated carbocycles. The molecule has 0 atom stereocenters. The molecule has 0 amide bonds. The van der Waals surface area contributed by atoms with Crippen LogP contribution >= 0.6 is 0 Å². The molecule has 134 valence electrons. The van der Waals surface area contributed by atoms with Crippen molar-refractivity contribution in [1.29, 1.82) is 0 Å². The van der Waals surface area contributed by atoms with Crippen LogP contribution in [0.3, 0.4) is 0 Å². The zero-order valence-corrected chi connectivity index (χ0v) is 15.4. The molecule has 4 rings (SSSR count). The van der Waals surface area contributed by atoms with Gasteiger partial charge in [0.15, 0.2) is 5.76 Å². The van der Waals surface area contributed by atoms with Gasteiger partial charge in [0.2, 0.25) is 0 Å². The molecule has 0 spiro atoms. The van der Waals surface area contributed by atoms with Gasteiger partial charge in [-0.1, -0.05) is 86.6 Å². The topological polar surface area (TPSA) is 35.1 Å². The highest BCUT2D eigenvalue weighted by Crippen LogP contribution is 2.33. The molecule has 0 saturated heterocycles. The molecule has 3 nitrogen and oxygen atoms in total. The SMILES string of the molecule is CC(C)c1ccc(-n2c(-c3ccccc3)c(-c3ccccc3)oc2=O)cc1. The molecule has 1 aromatic heterocycles. The van der Waals surface area contributed by atoms with E-state index in [4.69, 9.17) is 4.42 Å². The van der Waals surface area contributed by atoms with Gasteiger partial charge in [-0.3, -0.25) is 0 Å². The molecule has 0 bridgehead atoms. The molecule has 27 heavy (non-hydrogen) atoms. The summed E-state index contributed by atoms with van der Waals surface area (Å²) >= 11 is 0. The van der Waals surface area contributed by atoms with Crippen LogP contribution in [0.2, 0.25) is 0 Å². The summed E-state index contributed by atoms with van der Waals surface area (Å²) < 4.78 is 7.38. The summed E-state index contributed by atoms with van der Waals surface area (Å²) in [4.78, 5) is 12.8. The fraction of sp³-hybridized carbons (Fsp3) is 0.125. The molecule has 0 aliphatic heterocycles. The van der Waals surface area contributed by atoms with Gasteiger partial charge < -0.3 is 4.42 Å². The van der Waals surface area contributed by atoms with Gasteiger partial charge in [0.1, 0.15) is 5.69 Å². The zero-order valence-electron chi connectivity index (χ0n) is 15.4. The Balaban J connectivity index is 1.97. The summed E-state index contributed by atoms with van der Waals surface area (Å²) in [5.41, 5.74) is 4.62. The van der Waals surface area contributed by atoms with E-state index in [-0.39, 0.29) is 5.76 Å². The van der Waals surface area contributed by atoms with E-state index in [2.05, 4.69) is 26.0 Å². The first-order chi connectivity index (χ1) is 13.1. The number of nitrogens with zero attached hydrogens (tertiary/aromatic N) is 1. The highest BCUT2D eigenvalue weighted by molar-refractivity contribution is 5.78. The standard InChI is InChI=1S/C24H21NO2/c1-17(2)18-13-15-21(16-14-18)25-22(19-9-5-3-6-10-19)23(27-24(25)26)20-11-7-4-8-12-20/h3-17H,1-2H3. The van der Waals surface area contributed by atoms with Crippen LogP contribution in [0.5, 0.6) is 0 Å². The Kier molecular flexibility index (Phi) is 4.51. The van der Waals surface area contributed by atoms with Crippen LogP contribution in [0, 0.1) is 0 Å². The highest BCUT2D eigenvalue weighted by atomic mass is 16.4. The normalized spacial score (nSPS) is 11.1. The molecule has 0 N–H and O–H groups in total. The van der Waals surface area contributed by atoms with E-state index in [1.54, 1.807) is 4.57 Å². The van der Waals surface area contributed by atoms with Crippen molar-refractivity contribution < 1.29 is 4.42 Å². The van der Waals surface area contributed by atoms with E-state index in [0.717, 1.165) is 22.5 Å². The summed E-state index contributed by atoms with van der Waals surface area (Å²) in [6, 6.07) is 27.7. The largest absolute Gasteiger partial charge is 0.424 e. The van der Waals surface area contributed by atoms with Crippen molar-refractivity contribution in [3.8, 4) is 28.3 Å². The van der Waals surface area contributed by atoms with Crippen LogP contribution in [0.1, 0.15) is 25.3 Å². The number of hydrogen-bond acceptors (Lipinski definition) is 2. The average Bonchev–Trinajstić information content (AvgIpc) is 3.06. The lowest BCUT2D eigenvalue weighted by Crippen LogP contribution is -2.13. The number of benzene rings is 3. The Morgan fingerprint density at radius 2 is 1.30 bits per heavy atom. The second-order valence-electron chi connectivity index (χ2n) is 6.86. The first kappa shape index (κ1) is 17.1. The van der Waals surface area contributed by atoms with Gasteiger partial charge in [0.25, 0.3) is 0 Å². The lowest BCUT2D eigenvalue weighted by Gasteiger charge is -2.10. The lowest BCUT2D eigenvalue weighted by molar-refractivity contribution is 0.516. The summed E-state index contributed by atoms with van der Waals surface area (Å²) in [5, 5.41) is 0. The van der Waals surface area contributed by atoms with Crippen LogP contribution in [0.4, 0.5) is 0 Å². The smallest absolute Gasteiger partial charge is 0.407 e. The quantitative estimate of drug-likeness (QED) is 0.458. The number of oxazole rings is 1. The van der Waals surface area contributed by atoms with Gasteiger partial charge >= 0.3 is 5.76 Å². The fourth-order valence-electron chi connectivity index (χ4n) is 3.26. The van der Waals surface area contributed by atoms with Crippen LogP contribution in [0.25, 0.3) is 28.3 Å². The Morgan fingerprint density at radius 3 is 1.85 bits per heavy atom. The van der Waals surface area contributed by atoms with Gasteiger partial charge in [0, 0.05) is 11.1 Å². The van der Waals surface area contributed by atoms with E-state index < -0.39 is 0 Å². The van der Waals surface area contributed by atoms with Gasteiger partial charge in [-0.2, -0.15) is 0 Å². The van der Waals surface area contributed by atoms with Crippen LogP contribution in [-0.4, -0.2) is 4.57 Å². The number of aromatic nitrogens is 1. The van der Waals surface area contributed by atoms with Crippen LogP contribution in [-0.2, 0) is 0 Å². The lowest BCUT2D eigenvalue weighted by atomic mass is 10.0. The van der Waals surface area contributed by atoms with Crippen molar-refractivity contribution in [3.63, 3.8) is 0 Å². The summed E-state index contributed by atoms with van der Waals surface area (Å²) in [6.45, 7) is 4.31. The van der Waals surface area contributed by atoms with E-state index in [0.29, 0.717) is 11.7 Å². The minimum atomic E-state index is -0.384. The molecule has 0 aliphatic carbocycles. The minimum absolute atomic E-state index is 0.384. The summed E-state index contributed by atoms with van der Waals surface area (Å²) in [6.07, 6.45) is 0. The monoisotopic (exact) mass is 355 g/mol. The predicted molar refractivity (Wildman–Crippen MR) is 109 cm³/mol. The zero-order chi connectivity index (χ0) is 18.8. The van der Waals surface area contributed by atoms with Gasteiger partial charge in [-0.05, 0) is 23.6 Å². The second-order valence-corrected chi connectivity index (χ2v) is 6.86. The van der Waals surface area contributed by atoms with E-state index in [9.17, 15) is 4.79 Å². The van der Waals surface area contributed by atoms with E-state index in [1.165, 1.54) is 5.56 Å². The minimum Gasteiger partial charge on any atom is -0.407 e. The molecule has 0 unspecified atom stereocenters. The maximum Gasteiger partial charge on any atom is 0.424 e. The molecule has 0 radical (unpaired) electrons.